The molecule has 1 aliphatic heterocycles. The number of rotatable bonds is 2. The maximum Gasteiger partial charge on any atom is 0.217 e. The first kappa shape index (κ1) is 11.1. The van der Waals surface area contributed by atoms with Gasteiger partial charge in [0.1, 0.15) is 0 Å². The largest absolute Gasteiger partial charge is 0.217 e. The highest BCUT2D eigenvalue weighted by Gasteiger charge is 2.34. The van der Waals surface area contributed by atoms with Crippen LogP contribution in [-0.2, 0) is 10.0 Å². The normalized spacial score (nSPS) is 25.5. The first-order valence-corrected chi connectivity index (χ1v) is 7.25. The van der Waals surface area contributed by atoms with Crippen LogP contribution < -0.4 is 0 Å². The molecule has 1 aliphatic carbocycles. The predicted molar refractivity (Wildman–Crippen MR) is 61.1 cm³/mol. The lowest BCUT2D eigenvalue weighted by Gasteiger charge is -2.27. The summed E-state index contributed by atoms with van der Waals surface area (Å²) in [5.74, 6) is 0. The summed E-state index contributed by atoms with van der Waals surface area (Å²) in [6.07, 6.45) is 6.81. The molecule has 4 heteroatoms. The number of hydrogen-bond acceptors (Lipinski definition) is 2. The highest BCUT2D eigenvalue weighted by Crippen LogP contribution is 2.28. The van der Waals surface area contributed by atoms with Gasteiger partial charge in [0, 0.05) is 13.1 Å². The van der Waals surface area contributed by atoms with E-state index < -0.39 is 10.0 Å². The molecule has 0 bridgehead atoms. The lowest BCUT2D eigenvalue weighted by molar-refractivity contribution is 0.422. The van der Waals surface area contributed by atoms with Crippen molar-refractivity contribution in [3.63, 3.8) is 0 Å². The van der Waals surface area contributed by atoms with Gasteiger partial charge in [-0.1, -0.05) is 24.5 Å². The molecule has 0 aromatic rings. The predicted octanol–water partition coefficient (Wildman–Crippen LogP) is 1.91. The standard InChI is InChI=1S/C11H19NO2S/c1-10-6-8-12(9-7-10)15(13,14)11-4-2-3-5-11/h6,11H,2-5,7-9H2,1H3. The molecule has 0 saturated heterocycles. The summed E-state index contributed by atoms with van der Waals surface area (Å²) in [5, 5.41) is -0.0932. The first-order valence-electron chi connectivity index (χ1n) is 5.75. The van der Waals surface area contributed by atoms with Crippen LogP contribution in [0.25, 0.3) is 0 Å². The third-order valence-electron chi connectivity index (χ3n) is 3.48. The molecule has 1 saturated carbocycles. The van der Waals surface area contributed by atoms with Crippen molar-refractivity contribution < 1.29 is 8.42 Å². The zero-order valence-corrected chi connectivity index (χ0v) is 10.1. The maximum atomic E-state index is 12.2. The van der Waals surface area contributed by atoms with E-state index in [-0.39, 0.29) is 5.25 Å². The van der Waals surface area contributed by atoms with Crippen LogP contribution in [0, 0.1) is 0 Å². The van der Waals surface area contributed by atoms with E-state index in [9.17, 15) is 8.42 Å². The molecule has 0 spiro atoms. The van der Waals surface area contributed by atoms with E-state index in [4.69, 9.17) is 0 Å². The Kier molecular flexibility index (Phi) is 3.16. The van der Waals surface area contributed by atoms with E-state index in [1.807, 2.05) is 6.08 Å². The van der Waals surface area contributed by atoms with Gasteiger partial charge in [-0.2, -0.15) is 4.31 Å². The second kappa shape index (κ2) is 4.26. The number of hydrogen-bond donors (Lipinski definition) is 0. The van der Waals surface area contributed by atoms with Crippen molar-refractivity contribution in [2.45, 2.75) is 44.3 Å². The average Bonchev–Trinajstić information content (AvgIpc) is 2.71. The molecule has 1 fully saturated rings. The Bertz CT molecular complexity index is 353. The van der Waals surface area contributed by atoms with Gasteiger partial charge >= 0.3 is 0 Å². The Labute approximate surface area is 92.2 Å². The van der Waals surface area contributed by atoms with E-state index in [0.717, 1.165) is 32.1 Å². The van der Waals surface area contributed by atoms with Gasteiger partial charge < -0.3 is 0 Å². The van der Waals surface area contributed by atoms with E-state index in [2.05, 4.69) is 6.92 Å². The number of sulfonamides is 1. The van der Waals surface area contributed by atoms with Gasteiger partial charge in [0.25, 0.3) is 0 Å². The van der Waals surface area contributed by atoms with E-state index in [1.54, 1.807) is 4.31 Å². The summed E-state index contributed by atoms with van der Waals surface area (Å²) in [6.45, 7) is 3.34. The van der Waals surface area contributed by atoms with Crippen LogP contribution in [0.4, 0.5) is 0 Å². The van der Waals surface area contributed by atoms with Crippen LogP contribution in [-0.4, -0.2) is 31.1 Å². The molecule has 0 aromatic carbocycles. The molecule has 0 amide bonds. The summed E-state index contributed by atoms with van der Waals surface area (Å²) < 4.78 is 26.0. The zero-order valence-electron chi connectivity index (χ0n) is 9.28. The van der Waals surface area contributed by atoms with Gasteiger partial charge in [-0.3, -0.25) is 0 Å². The van der Waals surface area contributed by atoms with Crippen molar-refractivity contribution in [1.29, 1.82) is 0 Å². The third-order valence-corrected chi connectivity index (χ3v) is 5.85. The Hall–Kier alpha value is -0.350. The summed E-state index contributed by atoms with van der Waals surface area (Å²) in [7, 11) is -3.00. The second-order valence-electron chi connectivity index (χ2n) is 4.61. The minimum atomic E-state index is -3.00. The van der Waals surface area contributed by atoms with Crippen LogP contribution >= 0.6 is 0 Å². The van der Waals surface area contributed by atoms with Crippen molar-refractivity contribution in [3.8, 4) is 0 Å². The van der Waals surface area contributed by atoms with Crippen molar-refractivity contribution in [2.24, 2.45) is 0 Å². The van der Waals surface area contributed by atoms with Crippen molar-refractivity contribution in [2.75, 3.05) is 13.1 Å². The Morgan fingerprint density at radius 1 is 1.33 bits per heavy atom. The average molecular weight is 229 g/mol. The topological polar surface area (TPSA) is 37.4 Å². The molecule has 1 heterocycles. The van der Waals surface area contributed by atoms with Crippen LogP contribution in [0.3, 0.4) is 0 Å². The second-order valence-corrected chi connectivity index (χ2v) is 6.82. The lowest BCUT2D eigenvalue weighted by Crippen LogP contribution is -2.40. The molecular formula is C11H19NO2S. The third kappa shape index (κ3) is 2.26. The number of nitrogens with zero attached hydrogens (tertiary/aromatic N) is 1. The van der Waals surface area contributed by atoms with Crippen LogP contribution in [0.5, 0.6) is 0 Å². The van der Waals surface area contributed by atoms with Crippen LogP contribution in [0.15, 0.2) is 11.6 Å². The monoisotopic (exact) mass is 229 g/mol. The molecule has 0 unspecified atom stereocenters. The summed E-state index contributed by atoms with van der Waals surface area (Å²) in [5.41, 5.74) is 1.31. The summed E-state index contributed by atoms with van der Waals surface area (Å²) >= 11 is 0. The van der Waals surface area contributed by atoms with Crippen LogP contribution in [0.2, 0.25) is 0 Å². The van der Waals surface area contributed by atoms with E-state index in [1.165, 1.54) is 5.57 Å². The van der Waals surface area contributed by atoms with Crippen LogP contribution in [0.1, 0.15) is 39.0 Å². The van der Waals surface area contributed by atoms with Crippen molar-refractivity contribution >= 4 is 10.0 Å². The summed E-state index contributed by atoms with van der Waals surface area (Å²) in [6, 6.07) is 0. The van der Waals surface area contributed by atoms with E-state index >= 15 is 0 Å². The smallest absolute Gasteiger partial charge is 0.212 e. The highest BCUT2D eigenvalue weighted by molar-refractivity contribution is 7.89. The fraction of sp³-hybridized carbons (Fsp3) is 0.818. The van der Waals surface area contributed by atoms with E-state index in [0.29, 0.717) is 13.1 Å². The molecule has 0 aromatic heterocycles. The SMILES string of the molecule is CC1=CCN(S(=O)(=O)C2CCCC2)CC1. The molecule has 86 valence electrons. The zero-order chi connectivity index (χ0) is 10.9. The van der Waals surface area contributed by atoms with Gasteiger partial charge in [-0.25, -0.2) is 8.42 Å². The minimum Gasteiger partial charge on any atom is -0.212 e. The molecule has 0 N–H and O–H groups in total. The highest BCUT2D eigenvalue weighted by atomic mass is 32.2. The molecule has 15 heavy (non-hydrogen) atoms. The Morgan fingerprint density at radius 3 is 2.53 bits per heavy atom. The Balaban J connectivity index is 2.09. The van der Waals surface area contributed by atoms with Gasteiger partial charge in [0.2, 0.25) is 10.0 Å². The maximum absolute atomic E-state index is 12.2. The lowest BCUT2D eigenvalue weighted by atomic mass is 10.1. The first-order chi connectivity index (χ1) is 7.10. The van der Waals surface area contributed by atoms with Crippen molar-refractivity contribution in [1.82, 2.24) is 4.31 Å². The Morgan fingerprint density at radius 2 is 2.00 bits per heavy atom. The van der Waals surface area contributed by atoms with Gasteiger partial charge in [-0.15, -0.1) is 0 Å². The molecule has 2 rings (SSSR count). The van der Waals surface area contributed by atoms with Gasteiger partial charge in [0.05, 0.1) is 5.25 Å². The fourth-order valence-corrected chi connectivity index (χ4v) is 4.36. The molecule has 0 radical (unpaired) electrons. The molecule has 2 aliphatic rings. The molecular weight excluding hydrogens is 210 g/mol. The molecule has 0 atom stereocenters. The minimum absolute atomic E-state index is 0.0932. The fourth-order valence-electron chi connectivity index (χ4n) is 2.38. The molecule has 3 nitrogen and oxygen atoms in total. The quantitative estimate of drug-likeness (QED) is 0.678. The summed E-state index contributed by atoms with van der Waals surface area (Å²) in [4.78, 5) is 0. The van der Waals surface area contributed by atoms with Gasteiger partial charge in [0.15, 0.2) is 0 Å². The van der Waals surface area contributed by atoms with Gasteiger partial charge in [-0.05, 0) is 26.2 Å². The van der Waals surface area contributed by atoms with Crippen molar-refractivity contribution in [3.05, 3.63) is 11.6 Å².